The van der Waals surface area contributed by atoms with E-state index >= 15 is 0 Å². The van der Waals surface area contributed by atoms with E-state index in [1.807, 2.05) is 7.05 Å². The Hall–Kier alpha value is -0.770. The minimum atomic E-state index is 0.610. The second-order valence-corrected chi connectivity index (χ2v) is 6.74. The van der Waals surface area contributed by atoms with Gasteiger partial charge in [0.2, 0.25) is 0 Å². The van der Waals surface area contributed by atoms with Crippen molar-refractivity contribution in [2.45, 2.75) is 75.9 Å². The Labute approximate surface area is 123 Å². The van der Waals surface area contributed by atoms with Gasteiger partial charge in [-0.25, -0.2) is 0 Å². The first-order valence-electron chi connectivity index (χ1n) is 8.59. The molecule has 0 bridgehead atoms. The van der Waals surface area contributed by atoms with E-state index in [-0.39, 0.29) is 0 Å². The van der Waals surface area contributed by atoms with Gasteiger partial charge in [0.15, 0.2) is 5.96 Å². The van der Waals surface area contributed by atoms with Gasteiger partial charge in [-0.05, 0) is 44.9 Å². The zero-order chi connectivity index (χ0) is 13.8. The van der Waals surface area contributed by atoms with Crippen molar-refractivity contribution >= 4 is 5.96 Å². The first-order chi connectivity index (χ1) is 9.85. The molecule has 0 aromatic carbocycles. The molecule has 20 heavy (non-hydrogen) atoms. The van der Waals surface area contributed by atoms with Crippen LogP contribution in [-0.2, 0) is 0 Å². The van der Waals surface area contributed by atoms with Crippen molar-refractivity contribution in [3.05, 3.63) is 0 Å². The van der Waals surface area contributed by atoms with E-state index < -0.39 is 0 Å². The van der Waals surface area contributed by atoms with Crippen molar-refractivity contribution in [1.82, 2.24) is 15.5 Å². The summed E-state index contributed by atoms with van der Waals surface area (Å²) in [5.74, 6) is 1.02. The summed E-state index contributed by atoms with van der Waals surface area (Å²) in [4.78, 5) is 7.11. The average molecular weight is 278 g/mol. The Balaban J connectivity index is 1.40. The van der Waals surface area contributed by atoms with Gasteiger partial charge in [0.05, 0.1) is 0 Å². The van der Waals surface area contributed by atoms with Crippen LogP contribution in [0.3, 0.4) is 0 Å². The normalized spacial score (nSPS) is 27.6. The molecule has 3 fully saturated rings. The lowest BCUT2D eigenvalue weighted by molar-refractivity contribution is 0.150. The lowest BCUT2D eigenvalue weighted by Crippen LogP contribution is -2.53. The summed E-state index contributed by atoms with van der Waals surface area (Å²) in [5.41, 5.74) is 0. The fourth-order valence-corrected chi connectivity index (χ4v) is 3.79. The quantitative estimate of drug-likeness (QED) is 0.613. The molecule has 0 spiro atoms. The molecule has 0 amide bonds. The van der Waals surface area contributed by atoms with Crippen LogP contribution in [0, 0.1) is 0 Å². The monoisotopic (exact) mass is 278 g/mol. The number of hydrogen-bond donors (Lipinski definition) is 2. The summed E-state index contributed by atoms with van der Waals surface area (Å²) in [7, 11) is 1.89. The minimum absolute atomic E-state index is 0.610. The maximum Gasteiger partial charge on any atom is 0.191 e. The Morgan fingerprint density at radius 3 is 1.95 bits per heavy atom. The van der Waals surface area contributed by atoms with Gasteiger partial charge in [-0.3, -0.25) is 4.99 Å². The van der Waals surface area contributed by atoms with Gasteiger partial charge in [0, 0.05) is 38.3 Å². The van der Waals surface area contributed by atoms with Gasteiger partial charge in [-0.15, -0.1) is 0 Å². The Morgan fingerprint density at radius 1 is 0.850 bits per heavy atom. The summed E-state index contributed by atoms with van der Waals surface area (Å²) >= 11 is 0. The third-order valence-electron chi connectivity index (χ3n) is 5.38. The third kappa shape index (κ3) is 3.46. The molecule has 2 saturated carbocycles. The third-order valence-corrected chi connectivity index (χ3v) is 5.38. The van der Waals surface area contributed by atoms with Crippen LogP contribution >= 0.6 is 0 Å². The van der Waals surface area contributed by atoms with Gasteiger partial charge in [-0.1, -0.05) is 12.8 Å². The van der Waals surface area contributed by atoms with Crippen LogP contribution in [0.2, 0.25) is 0 Å². The molecule has 0 aromatic rings. The highest BCUT2D eigenvalue weighted by Crippen LogP contribution is 2.26. The van der Waals surface area contributed by atoms with Crippen LogP contribution in [0.4, 0.5) is 0 Å². The molecule has 4 nitrogen and oxygen atoms in total. The number of piperidine rings is 1. The Kier molecular flexibility index (Phi) is 4.81. The highest BCUT2D eigenvalue weighted by atomic mass is 15.2. The molecule has 0 atom stereocenters. The Morgan fingerprint density at radius 2 is 1.45 bits per heavy atom. The molecule has 0 radical (unpaired) electrons. The maximum atomic E-state index is 4.38. The van der Waals surface area contributed by atoms with E-state index in [0.717, 1.165) is 12.0 Å². The zero-order valence-electron chi connectivity index (χ0n) is 12.9. The van der Waals surface area contributed by atoms with E-state index in [4.69, 9.17) is 0 Å². The van der Waals surface area contributed by atoms with Crippen LogP contribution in [0.25, 0.3) is 0 Å². The number of nitrogens with one attached hydrogen (secondary N) is 2. The van der Waals surface area contributed by atoms with Crippen molar-refractivity contribution in [3.63, 3.8) is 0 Å². The standard InChI is InChI=1S/C16H30N4/c1-17-16(18-13-5-4-6-13)19-14-9-11-20(12-10-14)15-7-2-3-8-15/h13-15H,2-12H2,1H3,(H2,17,18,19). The van der Waals surface area contributed by atoms with Gasteiger partial charge in [0.25, 0.3) is 0 Å². The number of aliphatic imine (C=N–C) groups is 1. The first-order valence-corrected chi connectivity index (χ1v) is 8.59. The predicted octanol–water partition coefficient (Wildman–Crippen LogP) is 2.11. The molecule has 3 rings (SSSR count). The zero-order valence-corrected chi connectivity index (χ0v) is 12.9. The summed E-state index contributed by atoms with van der Waals surface area (Å²) in [6, 6.07) is 2.17. The number of hydrogen-bond acceptors (Lipinski definition) is 2. The van der Waals surface area contributed by atoms with Crippen molar-refractivity contribution in [2.24, 2.45) is 4.99 Å². The first kappa shape index (κ1) is 14.2. The topological polar surface area (TPSA) is 39.7 Å². The second kappa shape index (κ2) is 6.79. The predicted molar refractivity (Wildman–Crippen MR) is 84.1 cm³/mol. The smallest absolute Gasteiger partial charge is 0.191 e. The summed E-state index contributed by atoms with van der Waals surface area (Å²) in [5, 5.41) is 7.17. The van der Waals surface area contributed by atoms with E-state index in [1.54, 1.807) is 0 Å². The molecule has 2 aliphatic carbocycles. The highest BCUT2D eigenvalue weighted by molar-refractivity contribution is 5.80. The molecule has 3 aliphatic rings. The fourth-order valence-electron chi connectivity index (χ4n) is 3.79. The van der Waals surface area contributed by atoms with Crippen molar-refractivity contribution in [1.29, 1.82) is 0 Å². The minimum Gasteiger partial charge on any atom is -0.354 e. The molecule has 4 heteroatoms. The molecule has 1 aliphatic heterocycles. The van der Waals surface area contributed by atoms with Gasteiger partial charge >= 0.3 is 0 Å². The number of rotatable bonds is 3. The van der Waals surface area contributed by atoms with E-state index in [1.165, 1.54) is 70.9 Å². The van der Waals surface area contributed by atoms with Crippen LogP contribution in [0.15, 0.2) is 4.99 Å². The van der Waals surface area contributed by atoms with Gasteiger partial charge < -0.3 is 15.5 Å². The molecule has 1 saturated heterocycles. The maximum absolute atomic E-state index is 4.38. The van der Waals surface area contributed by atoms with Crippen molar-refractivity contribution in [2.75, 3.05) is 20.1 Å². The van der Waals surface area contributed by atoms with Crippen molar-refractivity contribution in [3.8, 4) is 0 Å². The SMILES string of the molecule is CN=C(NC1CCC1)NC1CCN(C2CCCC2)CC1. The molecule has 114 valence electrons. The Bertz CT molecular complexity index is 323. The lowest BCUT2D eigenvalue weighted by Gasteiger charge is -2.37. The van der Waals surface area contributed by atoms with Crippen LogP contribution in [0.1, 0.15) is 57.8 Å². The fraction of sp³-hybridized carbons (Fsp3) is 0.938. The highest BCUT2D eigenvalue weighted by Gasteiger charge is 2.27. The molecule has 1 heterocycles. The van der Waals surface area contributed by atoms with E-state index in [2.05, 4.69) is 20.5 Å². The second-order valence-electron chi connectivity index (χ2n) is 6.74. The van der Waals surface area contributed by atoms with Crippen LogP contribution in [-0.4, -0.2) is 49.1 Å². The average Bonchev–Trinajstić information content (AvgIpc) is 2.96. The van der Waals surface area contributed by atoms with E-state index in [0.29, 0.717) is 12.1 Å². The van der Waals surface area contributed by atoms with Crippen molar-refractivity contribution < 1.29 is 0 Å². The van der Waals surface area contributed by atoms with Gasteiger partial charge in [-0.2, -0.15) is 0 Å². The molecule has 0 aromatic heterocycles. The summed E-state index contributed by atoms with van der Waals surface area (Å²) < 4.78 is 0. The molecular formula is C16H30N4. The molecular weight excluding hydrogens is 248 g/mol. The number of nitrogens with zero attached hydrogens (tertiary/aromatic N) is 2. The van der Waals surface area contributed by atoms with Crippen LogP contribution in [0.5, 0.6) is 0 Å². The summed E-state index contributed by atoms with van der Waals surface area (Å²) in [6.45, 7) is 2.53. The summed E-state index contributed by atoms with van der Waals surface area (Å²) in [6.07, 6.45) is 12.3. The lowest BCUT2D eigenvalue weighted by atomic mass is 9.93. The molecule has 0 unspecified atom stereocenters. The van der Waals surface area contributed by atoms with E-state index in [9.17, 15) is 0 Å². The number of likely N-dealkylation sites (tertiary alicyclic amines) is 1. The van der Waals surface area contributed by atoms with Gasteiger partial charge in [0.1, 0.15) is 0 Å². The van der Waals surface area contributed by atoms with Crippen LogP contribution < -0.4 is 10.6 Å². The number of guanidine groups is 1. The largest absolute Gasteiger partial charge is 0.354 e. The molecule has 2 N–H and O–H groups in total.